The highest BCUT2D eigenvalue weighted by atomic mass is 16.5. The van der Waals surface area contributed by atoms with E-state index in [4.69, 9.17) is 4.74 Å². The van der Waals surface area contributed by atoms with E-state index in [-0.39, 0.29) is 18.9 Å². The highest BCUT2D eigenvalue weighted by Crippen LogP contribution is 2.33. The van der Waals surface area contributed by atoms with Crippen LogP contribution in [0.1, 0.15) is 42.2 Å². The number of nitrogens with zero attached hydrogens (tertiary/aromatic N) is 2. The number of carbonyl (C=O) groups excluding carboxylic acids is 1. The number of aliphatic hydroxyl groups is 1. The Morgan fingerprint density at radius 1 is 0.974 bits per heavy atom. The van der Waals surface area contributed by atoms with Crippen molar-refractivity contribution in [3.8, 4) is 0 Å². The van der Waals surface area contributed by atoms with Crippen molar-refractivity contribution in [1.29, 1.82) is 0 Å². The SMILES string of the molecule is CCc1cn([C@H]2C[C@H](O)[C@@H](CN(C(=O)C(c3ccccc3)c3ccccc3)c3ccccc3)O2)c(=O)[nH]c1=O. The Morgan fingerprint density at radius 2 is 1.54 bits per heavy atom. The van der Waals surface area contributed by atoms with Gasteiger partial charge in [-0.1, -0.05) is 85.8 Å². The maximum absolute atomic E-state index is 14.4. The topological polar surface area (TPSA) is 105 Å². The molecular formula is C31H31N3O5. The second kappa shape index (κ2) is 11.6. The molecule has 0 aliphatic carbocycles. The molecule has 1 aliphatic heterocycles. The van der Waals surface area contributed by atoms with Gasteiger partial charge in [-0.05, 0) is 29.7 Å². The first-order valence-corrected chi connectivity index (χ1v) is 13.1. The van der Waals surface area contributed by atoms with Gasteiger partial charge in [0, 0.05) is 23.9 Å². The van der Waals surface area contributed by atoms with E-state index in [0.29, 0.717) is 17.7 Å². The van der Waals surface area contributed by atoms with Gasteiger partial charge in [0.05, 0.1) is 18.6 Å². The molecule has 0 unspecified atom stereocenters. The molecule has 1 aliphatic rings. The zero-order valence-electron chi connectivity index (χ0n) is 21.6. The number of benzene rings is 3. The summed E-state index contributed by atoms with van der Waals surface area (Å²) >= 11 is 0. The molecule has 1 saturated heterocycles. The minimum absolute atomic E-state index is 0.0788. The van der Waals surface area contributed by atoms with E-state index < -0.39 is 35.6 Å². The third-order valence-electron chi connectivity index (χ3n) is 7.15. The Kier molecular flexibility index (Phi) is 7.86. The number of aryl methyl sites for hydroxylation is 1. The van der Waals surface area contributed by atoms with Crippen LogP contribution in [0.2, 0.25) is 0 Å². The lowest BCUT2D eigenvalue weighted by Gasteiger charge is -2.31. The summed E-state index contributed by atoms with van der Waals surface area (Å²) < 4.78 is 7.48. The summed E-state index contributed by atoms with van der Waals surface area (Å²) in [5.41, 5.74) is 1.81. The molecule has 0 bridgehead atoms. The molecule has 0 saturated carbocycles. The Labute approximate surface area is 226 Å². The first kappa shape index (κ1) is 26.3. The average Bonchev–Trinajstić information content (AvgIpc) is 3.33. The van der Waals surface area contributed by atoms with E-state index in [0.717, 1.165) is 11.1 Å². The normalized spacial score (nSPS) is 18.8. The molecule has 4 aromatic rings. The lowest BCUT2D eigenvalue weighted by molar-refractivity contribution is -0.120. The number of anilines is 1. The fraction of sp³-hybridized carbons (Fsp3) is 0.258. The van der Waals surface area contributed by atoms with Gasteiger partial charge in [-0.25, -0.2) is 4.79 Å². The second-order valence-corrected chi connectivity index (χ2v) is 9.65. The van der Waals surface area contributed by atoms with Crippen LogP contribution >= 0.6 is 0 Å². The van der Waals surface area contributed by atoms with Gasteiger partial charge in [-0.2, -0.15) is 0 Å². The predicted octanol–water partition coefficient (Wildman–Crippen LogP) is 3.61. The largest absolute Gasteiger partial charge is 0.390 e. The van der Waals surface area contributed by atoms with Crippen molar-refractivity contribution in [2.75, 3.05) is 11.4 Å². The van der Waals surface area contributed by atoms with Crippen LogP contribution in [0.25, 0.3) is 0 Å². The minimum Gasteiger partial charge on any atom is -0.390 e. The van der Waals surface area contributed by atoms with Crippen molar-refractivity contribution in [3.63, 3.8) is 0 Å². The number of amides is 1. The predicted molar refractivity (Wildman–Crippen MR) is 149 cm³/mol. The van der Waals surface area contributed by atoms with Crippen molar-refractivity contribution in [1.82, 2.24) is 9.55 Å². The first-order valence-electron chi connectivity index (χ1n) is 13.1. The maximum Gasteiger partial charge on any atom is 0.330 e. The molecule has 8 nitrogen and oxygen atoms in total. The quantitative estimate of drug-likeness (QED) is 0.366. The summed E-state index contributed by atoms with van der Waals surface area (Å²) in [6.07, 6.45) is -0.365. The summed E-state index contributed by atoms with van der Waals surface area (Å²) in [4.78, 5) is 42.9. The molecule has 0 spiro atoms. The molecule has 5 rings (SSSR count). The number of rotatable bonds is 8. The summed E-state index contributed by atoms with van der Waals surface area (Å²) in [6.45, 7) is 1.90. The molecule has 3 atom stereocenters. The minimum atomic E-state index is -0.926. The van der Waals surface area contributed by atoms with E-state index in [1.807, 2.05) is 97.9 Å². The third kappa shape index (κ3) is 5.62. The molecule has 8 heteroatoms. The molecule has 1 aromatic heterocycles. The zero-order valence-corrected chi connectivity index (χ0v) is 21.6. The van der Waals surface area contributed by atoms with Gasteiger partial charge in [0.15, 0.2) is 0 Å². The molecule has 0 radical (unpaired) electrons. The van der Waals surface area contributed by atoms with Crippen molar-refractivity contribution in [2.24, 2.45) is 0 Å². The van der Waals surface area contributed by atoms with Crippen LogP contribution in [0.3, 0.4) is 0 Å². The number of nitrogens with one attached hydrogen (secondary N) is 1. The highest BCUT2D eigenvalue weighted by Gasteiger charge is 2.39. The van der Waals surface area contributed by atoms with Crippen LogP contribution in [-0.2, 0) is 16.0 Å². The third-order valence-corrected chi connectivity index (χ3v) is 7.15. The van der Waals surface area contributed by atoms with Gasteiger partial charge in [0.2, 0.25) is 5.91 Å². The summed E-state index contributed by atoms with van der Waals surface area (Å²) in [6, 6.07) is 28.5. The summed E-state index contributed by atoms with van der Waals surface area (Å²) in [5, 5.41) is 11.0. The lowest BCUT2D eigenvalue weighted by atomic mass is 9.89. The number of aromatic nitrogens is 2. The van der Waals surface area contributed by atoms with Crippen LogP contribution in [0.5, 0.6) is 0 Å². The Morgan fingerprint density at radius 3 is 2.10 bits per heavy atom. The van der Waals surface area contributed by atoms with Crippen molar-refractivity contribution in [3.05, 3.63) is 135 Å². The molecule has 3 aromatic carbocycles. The van der Waals surface area contributed by atoms with Gasteiger partial charge < -0.3 is 14.7 Å². The lowest BCUT2D eigenvalue weighted by Crippen LogP contribution is -2.43. The molecule has 39 heavy (non-hydrogen) atoms. The smallest absolute Gasteiger partial charge is 0.330 e. The fourth-order valence-corrected chi connectivity index (χ4v) is 5.08. The molecule has 200 valence electrons. The van der Waals surface area contributed by atoms with E-state index >= 15 is 0 Å². The van der Waals surface area contributed by atoms with Crippen LogP contribution < -0.4 is 16.1 Å². The van der Waals surface area contributed by atoms with E-state index in [1.165, 1.54) is 10.8 Å². The van der Waals surface area contributed by atoms with Crippen molar-refractivity contribution in [2.45, 2.75) is 44.1 Å². The fourth-order valence-electron chi connectivity index (χ4n) is 5.08. The van der Waals surface area contributed by atoms with E-state index in [1.54, 1.807) is 4.90 Å². The van der Waals surface area contributed by atoms with Gasteiger partial charge in [0.1, 0.15) is 12.3 Å². The Bertz CT molecular complexity index is 1480. The number of hydrogen-bond acceptors (Lipinski definition) is 5. The number of aromatic amines is 1. The monoisotopic (exact) mass is 525 g/mol. The second-order valence-electron chi connectivity index (χ2n) is 9.65. The number of aliphatic hydroxyl groups excluding tert-OH is 1. The number of ether oxygens (including phenoxy) is 1. The molecule has 2 N–H and O–H groups in total. The summed E-state index contributed by atoms with van der Waals surface area (Å²) in [7, 11) is 0. The first-order chi connectivity index (χ1) is 19.0. The number of carbonyl (C=O) groups is 1. The standard InChI is InChI=1S/C31H31N3O5/c1-2-21-19-34(31(38)32-29(21)36)27-18-25(35)26(39-27)20-33(24-16-10-5-11-17-24)30(37)28(22-12-6-3-7-13-22)23-14-8-4-9-15-23/h3-17,19,25-28,35H,2,18,20H2,1H3,(H,32,36,38)/t25-,26+,27+/m0/s1. The highest BCUT2D eigenvalue weighted by molar-refractivity contribution is 6.00. The average molecular weight is 526 g/mol. The maximum atomic E-state index is 14.4. The van der Waals surface area contributed by atoms with Gasteiger partial charge >= 0.3 is 5.69 Å². The number of hydrogen-bond donors (Lipinski definition) is 2. The summed E-state index contributed by atoms with van der Waals surface area (Å²) in [5.74, 6) is -0.733. The zero-order chi connectivity index (χ0) is 27.4. The van der Waals surface area contributed by atoms with Crippen LogP contribution in [0, 0.1) is 0 Å². The van der Waals surface area contributed by atoms with Crippen molar-refractivity contribution < 1.29 is 14.6 Å². The number of H-pyrrole nitrogens is 1. The van der Waals surface area contributed by atoms with Crippen molar-refractivity contribution >= 4 is 11.6 Å². The molecule has 1 fully saturated rings. The molecule has 1 amide bonds. The van der Waals surface area contributed by atoms with Crippen LogP contribution in [0.4, 0.5) is 5.69 Å². The number of para-hydroxylation sites is 1. The molecule has 2 heterocycles. The van der Waals surface area contributed by atoms with Gasteiger partial charge in [-0.3, -0.25) is 19.1 Å². The van der Waals surface area contributed by atoms with E-state index in [9.17, 15) is 19.5 Å². The van der Waals surface area contributed by atoms with Gasteiger partial charge in [-0.15, -0.1) is 0 Å². The Hall–Kier alpha value is -4.27. The van der Waals surface area contributed by atoms with Crippen LogP contribution in [-0.4, -0.2) is 39.3 Å². The van der Waals surface area contributed by atoms with Gasteiger partial charge in [0.25, 0.3) is 5.56 Å². The van der Waals surface area contributed by atoms with Crippen LogP contribution in [0.15, 0.2) is 107 Å². The Balaban J connectivity index is 1.48. The van der Waals surface area contributed by atoms with E-state index in [2.05, 4.69) is 4.98 Å². The molecular weight excluding hydrogens is 494 g/mol.